The first-order valence-corrected chi connectivity index (χ1v) is 2.13. The summed E-state index contributed by atoms with van der Waals surface area (Å²) < 4.78 is 3.95. The summed E-state index contributed by atoms with van der Waals surface area (Å²) in [4.78, 5) is 20.2. The summed E-state index contributed by atoms with van der Waals surface area (Å²) in [7, 11) is 0. The van der Waals surface area contributed by atoms with Gasteiger partial charge in [0, 0.05) is 0 Å². The van der Waals surface area contributed by atoms with Gasteiger partial charge >= 0.3 is 11.9 Å². The van der Waals surface area contributed by atoms with Crippen LogP contribution in [0.5, 0.6) is 0 Å². The molecule has 1 fully saturated rings. The highest BCUT2D eigenvalue weighted by Crippen LogP contribution is 2.05. The fourth-order valence-corrected chi connectivity index (χ4v) is 0.463. The zero-order valence-corrected chi connectivity index (χ0v) is 3.96. The van der Waals surface area contributed by atoms with E-state index in [9.17, 15) is 9.59 Å². The molecule has 1 aliphatic heterocycles. The van der Waals surface area contributed by atoms with Crippen molar-refractivity contribution in [1.82, 2.24) is 0 Å². The van der Waals surface area contributed by atoms with Gasteiger partial charge in [-0.2, -0.15) is 0 Å². The van der Waals surface area contributed by atoms with Gasteiger partial charge in [0.25, 0.3) is 0 Å². The summed E-state index contributed by atoms with van der Waals surface area (Å²) in [6, 6.07) is 0. The Labute approximate surface area is 45.1 Å². The Morgan fingerprint density at radius 2 is 2.25 bits per heavy atom. The van der Waals surface area contributed by atoms with Gasteiger partial charge in [0.15, 0.2) is 6.10 Å². The number of carbonyl (C=O) groups excluding carboxylic acids is 2. The van der Waals surface area contributed by atoms with Gasteiger partial charge in [-0.25, -0.2) is 4.79 Å². The van der Waals surface area contributed by atoms with E-state index in [-0.39, 0.29) is 6.42 Å². The largest absolute Gasteiger partial charge is 0.391 e. The van der Waals surface area contributed by atoms with Crippen molar-refractivity contribution >= 4 is 11.9 Å². The second-order valence-corrected chi connectivity index (χ2v) is 1.51. The van der Waals surface area contributed by atoms with Crippen molar-refractivity contribution in [3.05, 3.63) is 0 Å². The molecule has 1 N–H and O–H groups in total. The second kappa shape index (κ2) is 1.56. The first kappa shape index (κ1) is 5.24. The molecule has 4 nitrogen and oxygen atoms in total. The van der Waals surface area contributed by atoms with Crippen LogP contribution in [0.25, 0.3) is 0 Å². The quantitative estimate of drug-likeness (QED) is 0.319. The Balaban J connectivity index is 2.64. The molecular formula is C4H4O4. The molecule has 0 bridgehead atoms. The molecule has 1 atom stereocenters. The van der Waals surface area contributed by atoms with Crippen molar-refractivity contribution in [2.75, 3.05) is 0 Å². The lowest BCUT2D eigenvalue weighted by Crippen LogP contribution is -2.11. The smallest absolute Gasteiger partial charge is 0.343 e. The number of hydrogen-bond acceptors (Lipinski definition) is 4. The first-order chi connectivity index (χ1) is 3.70. The minimum atomic E-state index is -1.22. The zero-order chi connectivity index (χ0) is 6.15. The van der Waals surface area contributed by atoms with Gasteiger partial charge in [-0.05, 0) is 0 Å². The van der Waals surface area contributed by atoms with E-state index in [0.29, 0.717) is 0 Å². The zero-order valence-electron chi connectivity index (χ0n) is 3.96. The summed E-state index contributed by atoms with van der Waals surface area (Å²) >= 11 is 0. The molecule has 8 heavy (non-hydrogen) atoms. The van der Waals surface area contributed by atoms with Crippen LogP contribution in [0.15, 0.2) is 0 Å². The van der Waals surface area contributed by atoms with Crippen molar-refractivity contribution in [1.29, 1.82) is 0 Å². The highest BCUT2D eigenvalue weighted by Gasteiger charge is 2.30. The molecule has 1 heterocycles. The third-order valence-corrected chi connectivity index (χ3v) is 0.847. The van der Waals surface area contributed by atoms with E-state index in [1.807, 2.05) is 0 Å². The number of carbonyl (C=O) groups is 2. The van der Waals surface area contributed by atoms with Gasteiger partial charge in [0.2, 0.25) is 0 Å². The number of cyclic esters (lactones) is 2. The maximum absolute atomic E-state index is 10.1. The van der Waals surface area contributed by atoms with Crippen LogP contribution in [-0.4, -0.2) is 23.1 Å². The highest BCUT2D eigenvalue weighted by atomic mass is 16.6. The first-order valence-electron chi connectivity index (χ1n) is 2.13. The number of rotatable bonds is 0. The Hall–Kier alpha value is -0.900. The molecule has 0 spiro atoms. The molecule has 0 aliphatic carbocycles. The van der Waals surface area contributed by atoms with Crippen LogP contribution in [0.1, 0.15) is 6.42 Å². The van der Waals surface area contributed by atoms with Crippen molar-refractivity contribution in [2.24, 2.45) is 0 Å². The molecular weight excluding hydrogens is 112 g/mol. The minimum absolute atomic E-state index is 0.196. The maximum atomic E-state index is 10.1. The number of hydrogen-bond donors (Lipinski definition) is 1. The SMILES string of the molecule is O=C1C[C@H](O)C(=O)O1. The molecule has 0 unspecified atom stereocenters. The molecule has 4 heteroatoms. The van der Waals surface area contributed by atoms with E-state index in [1.165, 1.54) is 0 Å². The molecule has 44 valence electrons. The Kier molecular flexibility index (Phi) is 1.02. The van der Waals surface area contributed by atoms with Crippen LogP contribution in [0, 0.1) is 0 Å². The Morgan fingerprint density at radius 3 is 2.38 bits per heavy atom. The lowest BCUT2D eigenvalue weighted by Gasteiger charge is -1.86. The minimum Gasteiger partial charge on any atom is -0.391 e. The van der Waals surface area contributed by atoms with E-state index in [0.717, 1.165) is 0 Å². The van der Waals surface area contributed by atoms with E-state index in [4.69, 9.17) is 5.11 Å². The summed E-state index contributed by atoms with van der Waals surface area (Å²) in [5.74, 6) is -1.49. The fourth-order valence-electron chi connectivity index (χ4n) is 0.463. The molecule has 0 aromatic heterocycles. The average Bonchev–Trinajstić information content (AvgIpc) is 1.85. The molecule has 1 aliphatic rings. The monoisotopic (exact) mass is 116 g/mol. The van der Waals surface area contributed by atoms with Gasteiger partial charge in [0.1, 0.15) is 0 Å². The van der Waals surface area contributed by atoms with E-state index < -0.39 is 18.0 Å². The van der Waals surface area contributed by atoms with Gasteiger partial charge < -0.3 is 9.84 Å². The van der Waals surface area contributed by atoms with Crippen LogP contribution < -0.4 is 0 Å². The maximum Gasteiger partial charge on any atom is 0.343 e. The van der Waals surface area contributed by atoms with Crippen molar-refractivity contribution < 1.29 is 19.4 Å². The summed E-state index contributed by atoms with van der Waals surface area (Å²) in [5.41, 5.74) is 0. The molecule has 1 saturated heterocycles. The van der Waals surface area contributed by atoms with Crippen LogP contribution in [0.4, 0.5) is 0 Å². The van der Waals surface area contributed by atoms with Gasteiger partial charge in [-0.15, -0.1) is 0 Å². The standard InChI is InChI=1S/C4H4O4/c5-2-1-3(6)8-4(2)7/h2,5H,1H2/t2-/m0/s1. The van der Waals surface area contributed by atoms with E-state index in [2.05, 4.69) is 4.74 Å². The summed E-state index contributed by atoms with van der Waals surface area (Å²) in [5, 5.41) is 8.47. The van der Waals surface area contributed by atoms with Crippen molar-refractivity contribution in [2.45, 2.75) is 12.5 Å². The summed E-state index contributed by atoms with van der Waals surface area (Å²) in [6.07, 6.45) is -1.42. The molecule has 1 rings (SSSR count). The number of aliphatic hydroxyl groups is 1. The highest BCUT2D eigenvalue weighted by molar-refractivity contribution is 5.95. The van der Waals surface area contributed by atoms with E-state index >= 15 is 0 Å². The second-order valence-electron chi connectivity index (χ2n) is 1.51. The van der Waals surface area contributed by atoms with Gasteiger partial charge in [-0.1, -0.05) is 0 Å². The Bertz CT molecular complexity index is 139. The van der Waals surface area contributed by atoms with Crippen molar-refractivity contribution in [3.8, 4) is 0 Å². The molecule has 0 aromatic rings. The fraction of sp³-hybridized carbons (Fsp3) is 0.500. The van der Waals surface area contributed by atoms with Gasteiger partial charge in [0.05, 0.1) is 6.42 Å². The van der Waals surface area contributed by atoms with E-state index in [1.54, 1.807) is 0 Å². The van der Waals surface area contributed by atoms with Crippen molar-refractivity contribution in [3.63, 3.8) is 0 Å². The number of esters is 2. The lowest BCUT2D eigenvalue weighted by atomic mass is 10.3. The third kappa shape index (κ3) is 0.696. The third-order valence-electron chi connectivity index (χ3n) is 0.847. The normalized spacial score (nSPS) is 28.4. The van der Waals surface area contributed by atoms with Crippen LogP contribution in [0.2, 0.25) is 0 Å². The lowest BCUT2D eigenvalue weighted by molar-refractivity contribution is -0.154. The molecule has 0 saturated carbocycles. The topological polar surface area (TPSA) is 63.6 Å². The van der Waals surface area contributed by atoms with Gasteiger partial charge in [-0.3, -0.25) is 4.79 Å². The predicted molar refractivity (Wildman–Crippen MR) is 21.7 cm³/mol. The number of aliphatic hydroxyl groups excluding tert-OH is 1. The van der Waals surface area contributed by atoms with Crippen LogP contribution in [-0.2, 0) is 14.3 Å². The molecule has 0 radical (unpaired) electrons. The Morgan fingerprint density at radius 1 is 1.62 bits per heavy atom. The molecule has 0 aromatic carbocycles. The molecule has 0 amide bonds. The predicted octanol–water partition coefficient (Wildman–Crippen LogP) is -1.18. The number of ether oxygens (including phenoxy) is 1. The summed E-state index contributed by atoms with van der Waals surface area (Å²) in [6.45, 7) is 0. The average molecular weight is 116 g/mol. The van der Waals surface area contributed by atoms with Crippen LogP contribution in [0.3, 0.4) is 0 Å². The van der Waals surface area contributed by atoms with Crippen LogP contribution >= 0.6 is 0 Å².